The molecule has 5 rings (SSSR count). The van der Waals surface area contributed by atoms with Crippen LogP contribution in [-0.2, 0) is 6.42 Å². The Kier molecular flexibility index (Phi) is 4.17. The maximum atomic E-state index is 13.0. The summed E-state index contributed by atoms with van der Waals surface area (Å²) >= 11 is 0. The van der Waals surface area contributed by atoms with Gasteiger partial charge in [-0.25, -0.2) is 9.97 Å². The number of para-hydroxylation sites is 2. The second-order valence-electron chi connectivity index (χ2n) is 7.02. The van der Waals surface area contributed by atoms with E-state index in [-0.39, 0.29) is 5.91 Å². The molecular formula is C23H19N5O. The average molecular weight is 381 g/mol. The highest BCUT2D eigenvalue weighted by Crippen LogP contribution is 2.33. The number of hydrogen-bond donors (Lipinski definition) is 1. The fraction of sp³-hybridized carbons (Fsp3) is 0.130. The minimum Gasteiger partial charge on any atom is -0.326 e. The van der Waals surface area contributed by atoms with E-state index in [0.717, 1.165) is 35.4 Å². The summed E-state index contributed by atoms with van der Waals surface area (Å²) in [5, 5.41) is 3.93. The summed E-state index contributed by atoms with van der Waals surface area (Å²) in [6.45, 7) is 2.64. The number of hydrogen-bond acceptors (Lipinski definition) is 5. The molecule has 1 aliphatic rings. The number of carbonyl (C=O) groups excluding carboxylic acids is 1. The Morgan fingerprint density at radius 3 is 2.83 bits per heavy atom. The number of nitrogens with one attached hydrogen (secondary N) is 1. The third-order valence-electron chi connectivity index (χ3n) is 5.10. The fourth-order valence-electron chi connectivity index (χ4n) is 3.77. The van der Waals surface area contributed by atoms with Crippen molar-refractivity contribution < 1.29 is 4.79 Å². The van der Waals surface area contributed by atoms with Crippen molar-refractivity contribution in [3.05, 3.63) is 83.9 Å². The molecule has 6 nitrogen and oxygen atoms in total. The Morgan fingerprint density at radius 2 is 1.90 bits per heavy atom. The first kappa shape index (κ1) is 17.3. The summed E-state index contributed by atoms with van der Waals surface area (Å²) in [5.41, 5.74) is 4.18. The minimum absolute atomic E-state index is 0.276. The summed E-state index contributed by atoms with van der Waals surface area (Å²) in [4.78, 5) is 28.5. The molecule has 29 heavy (non-hydrogen) atoms. The second kappa shape index (κ2) is 6.98. The zero-order chi connectivity index (χ0) is 19.8. The number of carbonyl (C=O) groups is 1. The van der Waals surface area contributed by atoms with E-state index >= 15 is 0 Å². The van der Waals surface area contributed by atoms with Crippen LogP contribution in [0.2, 0.25) is 0 Å². The molecule has 0 radical (unpaired) electrons. The van der Waals surface area contributed by atoms with Gasteiger partial charge in [0.15, 0.2) is 0 Å². The van der Waals surface area contributed by atoms with E-state index in [4.69, 9.17) is 0 Å². The summed E-state index contributed by atoms with van der Waals surface area (Å²) in [6.07, 6.45) is 2.68. The van der Waals surface area contributed by atoms with Gasteiger partial charge < -0.3 is 10.2 Å². The number of rotatable bonds is 3. The first-order valence-electron chi connectivity index (χ1n) is 9.55. The molecule has 0 bridgehead atoms. The molecule has 0 saturated heterocycles. The van der Waals surface area contributed by atoms with Gasteiger partial charge in [-0.2, -0.15) is 0 Å². The number of fused-ring (bicyclic) bond motifs is 2. The van der Waals surface area contributed by atoms with E-state index in [9.17, 15) is 4.79 Å². The number of aryl methyl sites for hydroxylation is 1. The van der Waals surface area contributed by atoms with E-state index < -0.39 is 0 Å². The van der Waals surface area contributed by atoms with E-state index in [1.807, 2.05) is 49.4 Å². The summed E-state index contributed by atoms with van der Waals surface area (Å²) < 4.78 is 0. The van der Waals surface area contributed by atoms with E-state index in [2.05, 4.69) is 37.3 Å². The van der Waals surface area contributed by atoms with Crippen molar-refractivity contribution >= 4 is 34.0 Å². The van der Waals surface area contributed by atoms with Gasteiger partial charge in [-0.05, 0) is 37.1 Å². The molecule has 4 aromatic rings. The lowest BCUT2D eigenvalue weighted by molar-refractivity contribution is 0.102. The Balaban J connectivity index is 1.48. The Labute approximate surface area is 168 Å². The predicted molar refractivity (Wildman–Crippen MR) is 114 cm³/mol. The van der Waals surface area contributed by atoms with Crippen molar-refractivity contribution in [2.24, 2.45) is 0 Å². The molecule has 0 aliphatic carbocycles. The molecule has 0 atom stereocenters. The summed E-state index contributed by atoms with van der Waals surface area (Å²) in [7, 11) is 0. The highest BCUT2D eigenvalue weighted by Gasteiger charge is 2.23. The smallest absolute Gasteiger partial charge is 0.274 e. The number of anilines is 3. The zero-order valence-corrected chi connectivity index (χ0v) is 16.0. The van der Waals surface area contributed by atoms with Crippen LogP contribution in [0.4, 0.5) is 17.2 Å². The molecule has 2 aromatic carbocycles. The number of amides is 1. The SMILES string of the molecule is Cc1nc(C(=O)Nc2cccc3cccnc23)cc(N2CCc3ccccc32)n1. The van der Waals surface area contributed by atoms with E-state index in [0.29, 0.717) is 17.2 Å². The van der Waals surface area contributed by atoms with E-state index in [1.165, 1.54) is 5.56 Å². The lowest BCUT2D eigenvalue weighted by Gasteiger charge is -2.19. The normalized spacial score (nSPS) is 12.8. The molecule has 0 fully saturated rings. The van der Waals surface area contributed by atoms with Crippen molar-refractivity contribution in [2.45, 2.75) is 13.3 Å². The third kappa shape index (κ3) is 3.18. The van der Waals surface area contributed by atoms with Crippen LogP contribution in [0, 0.1) is 6.92 Å². The van der Waals surface area contributed by atoms with Crippen LogP contribution >= 0.6 is 0 Å². The van der Waals surface area contributed by atoms with Crippen LogP contribution in [0.3, 0.4) is 0 Å². The van der Waals surface area contributed by atoms with Crippen LogP contribution < -0.4 is 10.2 Å². The molecule has 6 heteroatoms. The van der Waals surface area contributed by atoms with Gasteiger partial charge in [-0.15, -0.1) is 0 Å². The monoisotopic (exact) mass is 381 g/mol. The molecule has 142 valence electrons. The number of nitrogens with zero attached hydrogens (tertiary/aromatic N) is 4. The van der Waals surface area contributed by atoms with Gasteiger partial charge in [0.05, 0.1) is 11.2 Å². The Bertz CT molecular complexity index is 1230. The topological polar surface area (TPSA) is 71.0 Å². The lowest BCUT2D eigenvalue weighted by Crippen LogP contribution is -2.19. The number of pyridine rings is 1. The van der Waals surface area contributed by atoms with Gasteiger partial charge in [0.1, 0.15) is 17.3 Å². The fourth-order valence-corrected chi connectivity index (χ4v) is 3.77. The van der Waals surface area contributed by atoms with Crippen molar-refractivity contribution in [2.75, 3.05) is 16.8 Å². The van der Waals surface area contributed by atoms with Gasteiger partial charge >= 0.3 is 0 Å². The molecule has 1 N–H and O–H groups in total. The largest absolute Gasteiger partial charge is 0.326 e. The molecule has 0 saturated carbocycles. The highest BCUT2D eigenvalue weighted by atomic mass is 16.1. The molecule has 0 unspecified atom stereocenters. The molecule has 3 heterocycles. The van der Waals surface area contributed by atoms with E-state index in [1.54, 1.807) is 12.3 Å². The zero-order valence-electron chi connectivity index (χ0n) is 16.0. The highest BCUT2D eigenvalue weighted by molar-refractivity contribution is 6.07. The van der Waals surface area contributed by atoms with Gasteiger partial charge in [-0.1, -0.05) is 36.4 Å². The molecule has 1 amide bonds. The second-order valence-corrected chi connectivity index (χ2v) is 7.02. The molecular weight excluding hydrogens is 362 g/mol. The summed E-state index contributed by atoms with van der Waals surface area (Å²) in [6, 6.07) is 19.6. The average Bonchev–Trinajstić information content (AvgIpc) is 3.18. The number of benzene rings is 2. The van der Waals surface area contributed by atoms with Crippen LogP contribution in [0.1, 0.15) is 21.9 Å². The number of aromatic nitrogens is 3. The predicted octanol–water partition coefficient (Wildman–Crippen LogP) is 4.28. The molecule has 1 aliphatic heterocycles. The van der Waals surface area contributed by atoms with Crippen molar-refractivity contribution in [1.82, 2.24) is 15.0 Å². The summed E-state index contributed by atoms with van der Waals surface area (Å²) in [5.74, 6) is 1.03. The lowest BCUT2D eigenvalue weighted by atomic mass is 10.2. The first-order valence-corrected chi connectivity index (χ1v) is 9.55. The maximum absolute atomic E-state index is 13.0. The standard InChI is InChI=1S/C23H19N5O/c1-15-25-19(14-21(26-15)28-13-11-16-6-2-3-10-20(16)28)23(29)27-18-9-4-7-17-8-5-12-24-22(17)18/h2-10,12,14H,11,13H2,1H3,(H,27,29). The van der Waals surface area contributed by atoms with Gasteiger partial charge in [-0.3, -0.25) is 9.78 Å². The van der Waals surface area contributed by atoms with Crippen LogP contribution in [0.25, 0.3) is 10.9 Å². The van der Waals surface area contributed by atoms with Crippen LogP contribution in [0.15, 0.2) is 66.9 Å². The van der Waals surface area contributed by atoms with Crippen molar-refractivity contribution in [3.63, 3.8) is 0 Å². The van der Waals surface area contributed by atoms with Gasteiger partial charge in [0.25, 0.3) is 5.91 Å². The van der Waals surface area contributed by atoms with Crippen molar-refractivity contribution in [3.8, 4) is 0 Å². The Morgan fingerprint density at radius 1 is 1.03 bits per heavy atom. The first-order chi connectivity index (χ1) is 14.2. The van der Waals surface area contributed by atoms with Crippen LogP contribution in [0.5, 0.6) is 0 Å². The minimum atomic E-state index is -0.276. The third-order valence-corrected chi connectivity index (χ3v) is 5.10. The molecule has 0 spiro atoms. The van der Waals surface area contributed by atoms with Gasteiger partial charge in [0.2, 0.25) is 0 Å². The molecule has 2 aromatic heterocycles. The maximum Gasteiger partial charge on any atom is 0.274 e. The Hall–Kier alpha value is -3.80. The van der Waals surface area contributed by atoms with Crippen molar-refractivity contribution in [1.29, 1.82) is 0 Å². The quantitative estimate of drug-likeness (QED) is 0.574. The van der Waals surface area contributed by atoms with Crippen LogP contribution in [-0.4, -0.2) is 27.4 Å². The van der Waals surface area contributed by atoms with Gasteiger partial charge in [0, 0.05) is 29.9 Å².